The first kappa shape index (κ1) is 9.51. The second-order valence-electron chi connectivity index (χ2n) is 3.26. The summed E-state index contributed by atoms with van der Waals surface area (Å²) in [5, 5.41) is 3.08. The van der Waals surface area contributed by atoms with Gasteiger partial charge in [-0.15, -0.1) is 0 Å². The lowest BCUT2D eigenvalue weighted by atomic mass is 10.1. The van der Waals surface area contributed by atoms with E-state index in [9.17, 15) is 0 Å². The molecule has 0 aromatic heterocycles. The van der Waals surface area contributed by atoms with Gasteiger partial charge in [0.25, 0.3) is 0 Å². The van der Waals surface area contributed by atoms with Crippen LogP contribution in [-0.4, -0.2) is 29.1 Å². The predicted molar refractivity (Wildman–Crippen MR) is 57.9 cm³/mol. The number of methoxy groups -OCH3 is 1. The lowest BCUT2D eigenvalue weighted by Gasteiger charge is -2.35. The normalized spacial score (nSPS) is 30.0. The molecule has 0 saturated heterocycles. The van der Waals surface area contributed by atoms with Crippen molar-refractivity contribution in [3.8, 4) is 0 Å². The van der Waals surface area contributed by atoms with Crippen molar-refractivity contribution in [2.24, 2.45) is 9.98 Å². The van der Waals surface area contributed by atoms with E-state index < -0.39 is 5.66 Å². The van der Waals surface area contributed by atoms with Crippen molar-refractivity contribution in [1.82, 2.24) is 9.24 Å². The monoisotopic (exact) mass is 258 g/mol. The molecule has 0 aromatic rings. The average molecular weight is 259 g/mol. The van der Waals surface area contributed by atoms with E-state index >= 15 is 0 Å². The summed E-state index contributed by atoms with van der Waals surface area (Å²) in [7, 11) is 1.58. The third-order valence-corrected chi connectivity index (χ3v) is 3.35. The van der Waals surface area contributed by atoms with Gasteiger partial charge in [0.2, 0.25) is 0 Å². The maximum atomic E-state index is 5.14. The number of fused-ring (bicyclic) bond motifs is 1. The first-order chi connectivity index (χ1) is 6.59. The predicted octanol–water partition coefficient (Wildman–Crippen LogP) is 1.19. The van der Waals surface area contributed by atoms with Crippen molar-refractivity contribution >= 4 is 28.5 Å². The molecular weight excluding hydrogens is 248 g/mol. The van der Waals surface area contributed by atoms with E-state index in [1.54, 1.807) is 17.4 Å². The van der Waals surface area contributed by atoms with Gasteiger partial charge >= 0.3 is 6.02 Å². The number of hydrogen-bond donors (Lipinski definition) is 1. The van der Waals surface area contributed by atoms with Gasteiger partial charge in [-0.3, -0.25) is 0 Å². The van der Waals surface area contributed by atoms with Crippen LogP contribution in [0.4, 0.5) is 0 Å². The van der Waals surface area contributed by atoms with Gasteiger partial charge in [-0.05, 0) is 13.8 Å². The molecule has 14 heavy (non-hydrogen) atoms. The highest BCUT2D eigenvalue weighted by atomic mass is 79.9. The zero-order valence-corrected chi connectivity index (χ0v) is 9.79. The fraction of sp³-hybridized carbons (Fsp3) is 0.500. The molecule has 0 spiro atoms. The molecule has 0 radical (unpaired) electrons. The lowest BCUT2D eigenvalue weighted by molar-refractivity contribution is 0.283. The van der Waals surface area contributed by atoms with Gasteiger partial charge < -0.3 is 10.1 Å². The van der Waals surface area contributed by atoms with Crippen LogP contribution in [0.3, 0.4) is 0 Å². The molecule has 0 aromatic carbocycles. The van der Waals surface area contributed by atoms with Gasteiger partial charge in [0, 0.05) is 0 Å². The summed E-state index contributed by atoms with van der Waals surface area (Å²) in [6.45, 7) is 3.90. The molecule has 1 N–H and O–H groups in total. The number of nitrogens with zero attached hydrogens (tertiary/aromatic N) is 3. The van der Waals surface area contributed by atoms with Gasteiger partial charge in [-0.25, -0.2) is 8.92 Å². The summed E-state index contributed by atoms with van der Waals surface area (Å²) in [6, 6.07) is 0.509. The number of aliphatic imine (C=N–C) groups is 2. The van der Waals surface area contributed by atoms with E-state index in [0.29, 0.717) is 6.02 Å². The highest BCUT2D eigenvalue weighted by Crippen LogP contribution is 2.36. The molecule has 1 atom stereocenters. The largest absolute Gasteiger partial charge is 0.468 e. The average Bonchev–Trinajstić information content (AvgIpc) is 2.56. The van der Waals surface area contributed by atoms with E-state index in [1.807, 2.05) is 13.8 Å². The lowest BCUT2D eigenvalue weighted by Crippen LogP contribution is -2.47. The SMILES string of the molecule is COC1=NC(C)=C2NC=NC2(C)N1Br. The molecule has 2 heterocycles. The molecule has 6 heteroatoms. The summed E-state index contributed by atoms with van der Waals surface area (Å²) in [6.07, 6.45) is 1.67. The third-order valence-electron chi connectivity index (χ3n) is 2.36. The molecule has 0 bridgehead atoms. The molecule has 2 aliphatic rings. The van der Waals surface area contributed by atoms with Crippen LogP contribution in [0.5, 0.6) is 0 Å². The molecule has 2 rings (SSSR count). The third kappa shape index (κ3) is 1.06. The molecule has 1 unspecified atom stereocenters. The Morgan fingerprint density at radius 2 is 2.36 bits per heavy atom. The Bertz CT molecular complexity index is 362. The van der Waals surface area contributed by atoms with Crippen LogP contribution in [0.15, 0.2) is 21.4 Å². The topological polar surface area (TPSA) is 49.2 Å². The highest BCUT2D eigenvalue weighted by molar-refractivity contribution is 9.07. The van der Waals surface area contributed by atoms with E-state index in [1.165, 1.54) is 0 Å². The molecule has 0 aliphatic carbocycles. The van der Waals surface area contributed by atoms with Crippen molar-refractivity contribution in [2.45, 2.75) is 19.5 Å². The molecule has 0 fully saturated rings. The molecular formula is C8H11BrN4O. The fourth-order valence-electron chi connectivity index (χ4n) is 1.58. The Hall–Kier alpha value is -1.04. The number of rotatable bonds is 0. The number of amidine groups is 1. The van der Waals surface area contributed by atoms with Gasteiger partial charge in [0.1, 0.15) is 0 Å². The van der Waals surface area contributed by atoms with Crippen LogP contribution in [0.2, 0.25) is 0 Å². The minimum absolute atomic E-state index is 0.475. The van der Waals surface area contributed by atoms with E-state index in [4.69, 9.17) is 4.74 Å². The Kier molecular flexibility index (Phi) is 2.02. The zero-order chi connectivity index (χ0) is 10.3. The van der Waals surface area contributed by atoms with Crippen molar-refractivity contribution < 1.29 is 4.74 Å². The Labute approximate surface area is 90.9 Å². The molecule has 2 aliphatic heterocycles. The Morgan fingerprint density at radius 1 is 1.64 bits per heavy atom. The van der Waals surface area contributed by atoms with Gasteiger partial charge in [-0.1, -0.05) is 0 Å². The van der Waals surface area contributed by atoms with Crippen molar-refractivity contribution in [3.05, 3.63) is 11.4 Å². The quantitative estimate of drug-likeness (QED) is 0.665. The minimum atomic E-state index is -0.475. The summed E-state index contributed by atoms with van der Waals surface area (Å²) in [5.41, 5.74) is 1.38. The number of halogens is 1. The van der Waals surface area contributed by atoms with Gasteiger partial charge in [-0.2, -0.15) is 4.99 Å². The van der Waals surface area contributed by atoms with E-state index in [2.05, 4.69) is 31.4 Å². The number of hydrogen-bond acceptors (Lipinski definition) is 5. The van der Waals surface area contributed by atoms with Crippen molar-refractivity contribution in [3.63, 3.8) is 0 Å². The number of allylic oxidation sites excluding steroid dienone is 1. The van der Waals surface area contributed by atoms with Gasteiger partial charge in [0.05, 0.1) is 41.0 Å². The maximum absolute atomic E-state index is 5.14. The summed E-state index contributed by atoms with van der Waals surface area (Å²) in [5.74, 6) is 0. The second kappa shape index (κ2) is 2.98. The maximum Gasteiger partial charge on any atom is 0.304 e. The number of ether oxygens (including phenoxy) is 1. The minimum Gasteiger partial charge on any atom is -0.468 e. The fourth-order valence-corrected chi connectivity index (χ4v) is 2.07. The first-order valence-electron chi connectivity index (χ1n) is 4.20. The Balaban J connectivity index is 2.51. The number of nitrogens with one attached hydrogen (secondary N) is 1. The molecule has 5 nitrogen and oxygen atoms in total. The van der Waals surface area contributed by atoms with Crippen molar-refractivity contribution in [2.75, 3.05) is 7.11 Å². The standard InChI is InChI=1S/C8H11BrN4O/c1-5-6-8(2,11-4-10-6)13(9)7(12-5)14-3/h4H,1-3H3,(H,10,11). The van der Waals surface area contributed by atoms with E-state index in [0.717, 1.165) is 11.4 Å². The summed E-state index contributed by atoms with van der Waals surface area (Å²) in [4.78, 5) is 8.62. The van der Waals surface area contributed by atoms with Crippen LogP contribution in [0.1, 0.15) is 13.8 Å². The van der Waals surface area contributed by atoms with Crippen LogP contribution < -0.4 is 5.32 Å². The molecule has 76 valence electrons. The van der Waals surface area contributed by atoms with Crippen LogP contribution in [0.25, 0.3) is 0 Å². The smallest absolute Gasteiger partial charge is 0.304 e. The van der Waals surface area contributed by atoms with E-state index in [-0.39, 0.29) is 0 Å². The van der Waals surface area contributed by atoms with Crippen molar-refractivity contribution in [1.29, 1.82) is 0 Å². The van der Waals surface area contributed by atoms with Crippen LogP contribution in [-0.2, 0) is 4.74 Å². The Morgan fingerprint density at radius 3 is 3.00 bits per heavy atom. The highest BCUT2D eigenvalue weighted by Gasteiger charge is 2.43. The summed E-state index contributed by atoms with van der Waals surface area (Å²) < 4.78 is 6.86. The van der Waals surface area contributed by atoms with Crippen LogP contribution >= 0.6 is 16.1 Å². The van der Waals surface area contributed by atoms with Crippen LogP contribution in [0, 0.1) is 0 Å². The summed E-state index contributed by atoms with van der Waals surface area (Å²) >= 11 is 3.40. The second-order valence-corrected chi connectivity index (χ2v) is 3.97. The first-order valence-corrected chi connectivity index (χ1v) is 4.91. The van der Waals surface area contributed by atoms with Gasteiger partial charge in [0.15, 0.2) is 5.66 Å². The zero-order valence-electron chi connectivity index (χ0n) is 8.21. The molecule has 0 amide bonds. The molecule has 0 saturated carbocycles.